The molecule has 266 valence electrons. The van der Waals surface area contributed by atoms with Gasteiger partial charge in [-0.3, -0.25) is 0 Å². The van der Waals surface area contributed by atoms with Crippen molar-refractivity contribution in [3.05, 3.63) is 209 Å². The molecule has 2 heteroatoms. The lowest BCUT2D eigenvalue weighted by atomic mass is 9.97. The fourth-order valence-corrected chi connectivity index (χ4v) is 6.24. The number of hydrogen-bond donors (Lipinski definition) is 0. The third-order valence-electron chi connectivity index (χ3n) is 8.59. The Morgan fingerprint density at radius 3 is 0.792 bits per heavy atom. The Hall–Kier alpha value is -5.70. The van der Waals surface area contributed by atoms with E-state index in [0.717, 1.165) is 0 Å². The first-order chi connectivity index (χ1) is 25.7. The zero-order chi connectivity index (χ0) is 38.0. The van der Waals surface area contributed by atoms with Crippen LogP contribution < -0.4 is 0 Å². The van der Waals surface area contributed by atoms with Gasteiger partial charge in [0.15, 0.2) is 0 Å². The van der Waals surface area contributed by atoms with Gasteiger partial charge in [-0.15, -0.1) is 0 Å². The molecule has 53 heavy (non-hydrogen) atoms. The number of aryl methyl sites for hydroxylation is 5. The molecule has 0 heterocycles. The maximum atomic E-state index is 8.00. The van der Waals surface area contributed by atoms with Crippen molar-refractivity contribution in [2.75, 3.05) is 0 Å². The third kappa shape index (κ3) is 13.1. The predicted molar refractivity (Wildman–Crippen MR) is 232 cm³/mol. The molecular weight excluding hydrogens is 661 g/mol. The average molecular weight is 711 g/mol. The minimum atomic E-state index is 1.25. The van der Waals surface area contributed by atoms with Crippen LogP contribution in [0.2, 0.25) is 0 Å². The minimum Gasteiger partial charge on any atom is -0.307 e. The number of allylic oxidation sites excluding steroid dienone is 1. The topological polar surface area (TPSA) is 17.1 Å². The Morgan fingerprint density at radius 2 is 0.547 bits per heavy atom. The molecule has 0 unspecified atom stereocenters. The van der Waals surface area contributed by atoms with Gasteiger partial charge < -0.3 is 4.79 Å². The van der Waals surface area contributed by atoms with Crippen molar-refractivity contribution >= 4 is 24.6 Å². The molecule has 0 aromatic heterocycles. The molecule has 7 rings (SSSR count). The minimum absolute atomic E-state index is 1.25. The fraction of sp³-hybridized carbons (Fsp3) is 0.118. The third-order valence-corrected chi connectivity index (χ3v) is 9.60. The van der Waals surface area contributed by atoms with Crippen LogP contribution in [0.25, 0.3) is 39.5 Å². The molecule has 0 aliphatic heterocycles. The number of benzene rings is 7. The Kier molecular flexibility index (Phi) is 15.9. The molecule has 0 spiro atoms. The summed E-state index contributed by atoms with van der Waals surface area (Å²) >= 11 is 1.80. The second-order valence-corrected chi connectivity index (χ2v) is 14.2. The summed E-state index contributed by atoms with van der Waals surface area (Å²) in [5.41, 5.74) is 15.3. The van der Waals surface area contributed by atoms with Crippen molar-refractivity contribution in [2.24, 2.45) is 0 Å². The van der Waals surface area contributed by atoms with Crippen LogP contribution in [0.1, 0.15) is 40.3 Å². The van der Waals surface area contributed by atoms with Crippen LogP contribution >= 0.6 is 11.8 Å². The summed E-state index contributed by atoms with van der Waals surface area (Å²) in [5, 5.41) is 0. The maximum Gasteiger partial charge on any atom is 0.106 e. The molecule has 1 nitrogen and oxygen atoms in total. The molecule has 0 radical (unpaired) electrons. The van der Waals surface area contributed by atoms with E-state index < -0.39 is 0 Å². The van der Waals surface area contributed by atoms with E-state index in [1.807, 2.05) is 19.8 Å². The van der Waals surface area contributed by atoms with E-state index in [9.17, 15) is 0 Å². The van der Waals surface area contributed by atoms with Gasteiger partial charge in [-0.1, -0.05) is 197 Å². The summed E-state index contributed by atoms with van der Waals surface area (Å²) in [7, 11) is 0. The highest BCUT2D eigenvalue weighted by Gasteiger charge is 2.03. The normalized spacial score (nSPS) is 10.2. The van der Waals surface area contributed by atoms with Crippen molar-refractivity contribution in [1.82, 2.24) is 0 Å². The highest BCUT2D eigenvalue weighted by atomic mass is 32.2. The average Bonchev–Trinajstić information content (AvgIpc) is 3.20. The second kappa shape index (κ2) is 21.0. The Bertz CT molecular complexity index is 1980. The quantitative estimate of drug-likeness (QED) is 0.171. The highest BCUT2D eigenvalue weighted by molar-refractivity contribution is 7.99. The van der Waals surface area contributed by atoms with Gasteiger partial charge >= 0.3 is 0 Å². The molecule has 0 aliphatic carbocycles. The monoisotopic (exact) mass is 710 g/mol. The van der Waals surface area contributed by atoms with Crippen LogP contribution in [-0.4, -0.2) is 6.79 Å². The molecule has 0 aliphatic rings. The summed E-state index contributed by atoms with van der Waals surface area (Å²) in [6, 6.07) is 60.7. The first-order valence-electron chi connectivity index (χ1n) is 17.9. The first-order valence-corrected chi connectivity index (χ1v) is 18.7. The van der Waals surface area contributed by atoms with Crippen molar-refractivity contribution in [3.8, 4) is 33.4 Å². The number of carbonyl (C=O) groups excluding carboxylic acids is 1. The Labute approximate surface area is 322 Å². The zero-order valence-electron chi connectivity index (χ0n) is 31.8. The second-order valence-electron chi connectivity index (χ2n) is 13.0. The van der Waals surface area contributed by atoms with Crippen LogP contribution in [0.15, 0.2) is 186 Å². The summed E-state index contributed by atoms with van der Waals surface area (Å²) in [4.78, 5) is 10.6. The molecule has 0 saturated heterocycles. The van der Waals surface area contributed by atoms with E-state index in [4.69, 9.17) is 4.79 Å². The van der Waals surface area contributed by atoms with Gasteiger partial charge in [-0.2, -0.15) is 0 Å². The Balaban J connectivity index is 0.000000196. The molecular formula is C51H50OS. The van der Waals surface area contributed by atoms with Gasteiger partial charge in [0.2, 0.25) is 0 Å². The molecule has 0 N–H and O–H groups in total. The standard InChI is InChI=1S/C26H22.C14H14S.C10H12.CH2O/c1-19-3-7-21(8-4-19)23-11-15-25(16-12-23)26-17-13-24(14-18-26)22-9-5-20(2)6-10-22;1-11-3-7-13(8-4-11)15-14-9-5-12(2)6-10-14;1-3-4-10-7-5-9(2)6-8-10;1-2/h3-18H,1-2H3;3-10H,1-2H3;3-8H,1-2H3;1H2/b;;4-3+;. The summed E-state index contributed by atoms with van der Waals surface area (Å²) in [5.74, 6) is 0. The largest absolute Gasteiger partial charge is 0.307 e. The van der Waals surface area contributed by atoms with Gasteiger partial charge in [0.25, 0.3) is 0 Å². The van der Waals surface area contributed by atoms with E-state index in [-0.39, 0.29) is 0 Å². The number of carbonyl (C=O) groups is 1. The van der Waals surface area contributed by atoms with Crippen LogP contribution in [0.3, 0.4) is 0 Å². The van der Waals surface area contributed by atoms with Gasteiger partial charge in [0, 0.05) is 9.79 Å². The lowest BCUT2D eigenvalue weighted by molar-refractivity contribution is -0.0980. The van der Waals surface area contributed by atoms with Crippen LogP contribution in [-0.2, 0) is 4.79 Å². The van der Waals surface area contributed by atoms with E-state index >= 15 is 0 Å². The van der Waals surface area contributed by atoms with Gasteiger partial charge in [-0.05, 0) is 105 Å². The molecule has 0 amide bonds. The van der Waals surface area contributed by atoms with Crippen molar-refractivity contribution in [3.63, 3.8) is 0 Å². The summed E-state index contributed by atoms with van der Waals surface area (Å²) in [6.07, 6.45) is 4.14. The highest BCUT2D eigenvalue weighted by Crippen LogP contribution is 2.29. The van der Waals surface area contributed by atoms with Crippen molar-refractivity contribution in [2.45, 2.75) is 51.3 Å². The lowest BCUT2D eigenvalue weighted by Gasteiger charge is -2.07. The zero-order valence-corrected chi connectivity index (χ0v) is 32.7. The van der Waals surface area contributed by atoms with E-state index in [2.05, 4.69) is 211 Å². The van der Waals surface area contributed by atoms with Crippen LogP contribution in [0, 0.1) is 34.6 Å². The van der Waals surface area contributed by atoms with Crippen molar-refractivity contribution < 1.29 is 4.79 Å². The van der Waals surface area contributed by atoms with Crippen molar-refractivity contribution in [1.29, 1.82) is 0 Å². The maximum absolute atomic E-state index is 8.00. The van der Waals surface area contributed by atoms with Gasteiger partial charge in [0.05, 0.1) is 0 Å². The van der Waals surface area contributed by atoms with E-state index in [1.54, 1.807) is 11.8 Å². The molecule has 0 saturated carbocycles. The lowest BCUT2D eigenvalue weighted by Crippen LogP contribution is -1.82. The first kappa shape index (κ1) is 40.1. The smallest absolute Gasteiger partial charge is 0.106 e. The molecule has 0 bridgehead atoms. The van der Waals surface area contributed by atoms with E-state index in [0.29, 0.717) is 0 Å². The molecule has 7 aromatic rings. The Morgan fingerprint density at radius 1 is 0.340 bits per heavy atom. The molecule has 0 atom stereocenters. The number of hydrogen-bond acceptors (Lipinski definition) is 2. The molecule has 0 fully saturated rings. The summed E-state index contributed by atoms with van der Waals surface area (Å²) in [6.45, 7) is 14.6. The van der Waals surface area contributed by atoms with Gasteiger partial charge in [-0.25, -0.2) is 0 Å². The fourth-order valence-electron chi connectivity index (χ4n) is 5.42. The summed E-state index contributed by atoms with van der Waals surface area (Å²) < 4.78 is 0. The predicted octanol–water partition coefficient (Wildman–Crippen LogP) is 14.6. The van der Waals surface area contributed by atoms with E-state index in [1.165, 1.54) is 76.6 Å². The van der Waals surface area contributed by atoms with Crippen LogP contribution in [0.4, 0.5) is 0 Å². The van der Waals surface area contributed by atoms with Gasteiger partial charge in [0.1, 0.15) is 6.79 Å². The molecule has 7 aromatic carbocycles. The van der Waals surface area contributed by atoms with Crippen LogP contribution in [0.5, 0.6) is 0 Å². The SMILES string of the molecule is C/C=C/c1ccc(C)cc1.C=O.Cc1ccc(-c2ccc(-c3ccc(-c4ccc(C)cc4)cc3)cc2)cc1.Cc1ccc(Sc2ccc(C)cc2)cc1. The number of rotatable bonds is 6.